The van der Waals surface area contributed by atoms with Crippen LogP contribution in [0.3, 0.4) is 0 Å². The Morgan fingerprint density at radius 1 is 1.19 bits per heavy atom. The van der Waals surface area contributed by atoms with Gasteiger partial charge in [-0.2, -0.15) is 5.10 Å². The Morgan fingerprint density at radius 3 is 2.70 bits per heavy atom. The quantitative estimate of drug-likeness (QED) is 0.636. The van der Waals surface area contributed by atoms with Crippen LogP contribution in [0.2, 0.25) is 0 Å². The zero-order valence-corrected chi connectivity index (χ0v) is 14.6. The largest absolute Gasteiger partial charge is 0.505 e. The number of aromatic hydroxyl groups is 1. The lowest BCUT2D eigenvalue weighted by Gasteiger charge is -2.30. The first kappa shape index (κ1) is 17.1. The van der Waals surface area contributed by atoms with Gasteiger partial charge in [-0.1, -0.05) is 12.1 Å². The summed E-state index contributed by atoms with van der Waals surface area (Å²) >= 11 is 0. The predicted molar refractivity (Wildman–Crippen MR) is 98.2 cm³/mol. The Bertz CT molecular complexity index is 1040. The number of amides is 1. The molecule has 9 nitrogen and oxygen atoms in total. The SMILES string of the molecule is O=C(O)CNC(=O)c1c(O)c2cccc(N3CCCCC3)c2c2ncnn12. The lowest BCUT2D eigenvalue weighted by Crippen LogP contribution is -2.31. The number of hydrogen-bond donors (Lipinski definition) is 3. The van der Waals surface area contributed by atoms with Crippen molar-refractivity contribution in [2.45, 2.75) is 19.3 Å². The van der Waals surface area contributed by atoms with Crippen LogP contribution in [-0.2, 0) is 4.79 Å². The molecule has 1 aliphatic rings. The van der Waals surface area contributed by atoms with Crippen LogP contribution in [0.1, 0.15) is 29.8 Å². The minimum absolute atomic E-state index is 0.132. The topological polar surface area (TPSA) is 120 Å². The van der Waals surface area contributed by atoms with E-state index in [4.69, 9.17) is 5.11 Å². The minimum Gasteiger partial charge on any atom is -0.505 e. The maximum atomic E-state index is 12.5. The number of carbonyl (C=O) groups excluding carboxylic acids is 1. The number of hydrogen-bond acceptors (Lipinski definition) is 6. The third-order valence-corrected chi connectivity index (χ3v) is 4.82. The van der Waals surface area contributed by atoms with Crippen molar-refractivity contribution in [2.75, 3.05) is 24.5 Å². The molecule has 9 heteroatoms. The normalized spacial score (nSPS) is 14.6. The summed E-state index contributed by atoms with van der Waals surface area (Å²) in [4.78, 5) is 29.8. The molecular formula is C18H19N5O4. The van der Waals surface area contributed by atoms with Crippen LogP contribution in [0.4, 0.5) is 5.69 Å². The van der Waals surface area contributed by atoms with Gasteiger partial charge in [-0.15, -0.1) is 0 Å². The molecule has 27 heavy (non-hydrogen) atoms. The van der Waals surface area contributed by atoms with Crippen LogP contribution < -0.4 is 10.2 Å². The molecule has 1 aromatic carbocycles. The van der Waals surface area contributed by atoms with E-state index in [0.717, 1.165) is 37.0 Å². The van der Waals surface area contributed by atoms with Crippen molar-refractivity contribution in [1.82, 2.24) is 19.9 Å². The number of aliphatic carboxylic acids is 1. The fourth-order valence-corrected chi connectivity index (χ4v) is 3.62. The van der Waals surface area contributed by atoms with Crippen molar-refractivity contribution >= 4 is 34.0 Å². The molecule has 1 fully saturated rings. The molecule has 3 aromatic rings. The number of pyridine rings is 1. The van der Waals surface area contributed by atoms with Crippen LogP contribution in [0.25, 0.3) is 16.4 Å². The van der Waals surface area contributed by atoms with Crippen molar-refractivity contribution in [3.63, 3.8) is 0 Å². The van der Waals surface area contributed by atoms with Gasteiger partial charge in [0.05, 0.1) is 5.39 Å². The first-order valence-electron chi connectivity index (χ1n) is 8.80. The molecule has 0 radical (unpaired) electrons. The molecule has 1 aliphatic heterocycles. The Hall–Kier alpha value is -3.36. The molecule has 0 spiro atoms. The van der Waals surface area contributed by atoms with Gasteiger partial charge in [0.25, 0.3) is 5.91 Å². The zero-order chi connectivity index (χ0) is 19.0. The summed E-state index contributed by atoms with van der Waals surface area (Å²) in [6.45, 7) is 1.28. The molecule has 0 unspecified atom stereocenters. The first-order chi connectivity index (χ1) is 13.1. The van der Waals surface area contributed by atoms with Crippen LogP contribution in [-0.4, -0.2) is 56.3 Å². The van der Waals surface area contributed by atoms with Gasteiger partial charge in [-0.3, -0.25) is 9.59 Å². The van der Waals surface area contributed by atoms with Crippen molar-refractivity contribution in [3.05, 3.63) is 30.2 Å². The molecule has 3 heterocycles. The van der Waals surface area contributed by atoms with E-state index in [-0.39, 0.29) is 11.4 Å². The molecule has 140 valence electrons. The standard InChI is InChI=1S/C18H19N5O4/c24-13(25)9-19-18(27)15-16(26)11-5-4-6-12(22-7-2-1-3-8-22)14(11)17-20-10-21-23(15)17/h4-6,10,26H,1-3,7-9H2,(H,19,27)(H,24,25). The molecule has 1 amide bonds. The summed E-state index contributed by atoms with van der Waals surface area (Å²) in [5.41, 5.74) is 1.26. The van der Waals surface area contributed by atoms with Crippen LogP contribution >= 0.6 is 0 Å². The number of anilines is 1. The number of carboxylic acids is 1. The summed E-state index contributed by atoms with van der Waals surface area (Å²) < 4.78 is 1.27. The Labute approximate surface area is 154 Å². The van der Waals surface area contributed by atoms with Crippen molar-refractivity contribution in [1.29, 1.82) is 0 Å². The lowest BCUT2D eigenvalue weighted by atomic mass is 10.0. The summed E-state index contributed by atoms with van der Waals surface area (Å²) in [5, 5.41) is 27.2. The highest BCUT2D eigenvalue weighted by molar-refractivity contribution is 6.11. The van der Waals surface area contributed by atoms with E-state index >= 15 is 0 Å². The van der Waals surface area contributed by atoms with E-state index in [2.05, 4.69) is 20.3 Å². The van der Waals surface area contributed by atoms with Gasteiger partial charge in [-0.25, -0.2) is 9.50 Å². The summed E-state index contributed by atoms with van der Waals surface area (Å²) in [6.07, 6.45) is 4.71. The number of nitrogens with one attached hydrogen (secondary N) is 1. The second-order valence-corrected chi connectivity index (χ2v) is 6.52. The fraction of sp³-hybridized carbons (Fsp3) is 0.333. The van der Waals surface area contributed by atoms with Gasteiger partial charge in [0, 0.05) is 24.2 Å². The molecule has 0 aliphatic carbocycles. The second-order valence-electron chi connectivity index (χ2n) is 6.52. The highest BCUT2D eigenvalue weighted by atomic mass is 16.4. The highest BCUT2D eigenvalue weighted by Gasteiger charge is 2.25. The van der Waals surface area contributed by atoms with Gasteiger partial charge in [-0.05, 0) is 25.3 Å². The van der Waals surface area contributed by atoms with Crippen molar-refractivity contribution in [3.8, 4) is 5.75 Å². The van der Waals surface area contributed by atoms with E-state index < -0.39 is 18.4 Å². The van der Waals surface area contributed by atoms with Crippen LogP contribution in [0.5, 0.6) is 5.75 Å². The molecular weight excluding hydrogens is 350 g/mol. The van der Waals surface area contributed by atoms with E-state index in [0.29, 0.717) is 11.0 Å². The molecule has 2 aromatic heterocycles. The maximum Gasteiger partial charge on any atom is 0.322 e. The average molecular weight is 369 g/mol. The van der Waals surface area contributed by atoms with E-state index in [9.17, 15) is 14.7 Å². The molecule has 1 saturated heterocycles. The summed E-state index contributed by atoms with van der Waals surface area (Å²) in [6, 6.07) is 5.53. The van der Waals surface area contributed by atoms with E-state index in [1.54, 1.807) is 6.07 Å². The van der Waals surface area contributed by atoms with Crippen LogP contribution in [0.15, 0.2) is 24.5 Å². The lowest BCUT2D eigenvalue weighted by molar-refractivity contribution is -0.135. The zero-order valence-electron chi connectivity index (χ0n) is 14.6. The van der Waals surface area contributed by atoms with Gasteiger partial charge in [0.1, 0.15) is 12.9 Å². The van der Waals surface area contributed by atoms with E-state index in [1.165, 1.54) is 17.3 Å². The third kappa shape index (κ3) is 2.90. The van der Waals surface area contributed by atoms with Crippen molar-refractivity contribution < 1.29 is 19.8 Å². The highest BCUT2D eigenvalue weighted by Crippen LogP contribution is 2.37. The monoisotopic (exact) mass is 369 g/mol. The first-order valence-corrected chi connectivity index (χ1v) is 8.80. The number of aromatic nitrogens is 3. The van der Waals surface area contributed by atoms with Gasteiger partial charge in [0.2, 0.25) is 0 Å². The van der Waals surface area contributed by atoms with Gasteiger partial charge in [0.15, 0.2) is 17.1 Å². The number of nitrogens with zero attached hydrogens (tertiary/aromatic N) is 4. The number of benzene rings is 1. The fourth-order valence-electron chi connectivity index (χ4n) is 3.62. The smallest absolute Gasteiger partial charge is 0.322 e. The molecule has 0 bridgehead atoms. The molecule has 0 saturated carbocycles. The number of piperidine rings is 1. The Balaban J connectivity index is 1.92. The molecule has 3 N–H and O–H groups in total. The summed E-state index contributed by atoms with van der Waals surface area (Å²) in [5.74, 6) is -2.15. The number of fused-ring (bicyclic) bond motifs is 3. The maximum absolute atomic E-state index is 12.5. The minimum atomic E-state index is -1.18. The third-order valence-electron chi connectivity index (χ3n) is 4.82. The molecule has 4 rings (SSSR count). The number of carboxylic acid groups (broad SMARTS) is 1. The average Bonchev–Trinajstić information content (AvgIpc) is 3.16. The molecule has 0 atom stereocenters. The van der Waals surface area contributed by atoms with Gasteiger partial charge < -0.3 is 20.4 Å². The Kier molecular flexibility index (Phi) is 4.27. The Morgan fingerprint density at radius 2 is 1.96 bits per heavy atom. The number of rotatable bonds is 4. The number of carbonyl (C=O) groups is 2. The second kappa shape index (κ2) is 6.75. The van der Waals surface area contributed by atoms with Gasteiger partial charge >= 0.3 is 5.97 Å². The van der Waals surface area contributed by atoms with Crippen molar-refractivity contribution in [2.24, 2.45) is 0 Å². The van der Waals surface area contributed by atoms with Crippen LogP contribution in [0, 0.1) is 0 Å². The predicted octanol–water partition coefficient (Wildman–Crippen LogP) is 1.39. The summed E-state index contributed by atoms with van der Waals surface area (Å²) in [7, 11) is 0. The van der Waals surface area contributed by atoms with E-state index in [1.807, 2.05) is 12.1 Å².